The molecule has 2 rings (SSSR count). The third-order valence-electron chi connectivity index (χ3n) is 2.89. The molecule has 0 aliphatic rings. The van der Waals surface area contributed by atoms with Crippen LogP contribution in [0.5, 0.6) is 0 Å². The third kappa shape index (κ3) is 4.04. The average Bonchev–Trinajstić information content (AvgIpc) is 2.49. The summed E-state index contributed by atoms with van der Waals surface area (Å²) in [7, 11) is 0. The molecule has 2 aromatic carbocycles. The standard InChI is InChI=1S/C16H15BrFNO2/c1-2-21-16(20)15(11-6-4-3-5-7-11)19-12-8-9-14(18)13(17)10-12/h3-10,15,19H,2H2,1H3. The van der Waals surface area contributed by atoms with Crippen molar-refractivity contribution < 1.29 is 13.9 Å². The Labute approximate surface area is 131 Å². The molecular weight excluding hydrogens is 337 g/mol. The van der Waals surface area contributed by atoms with Gasteiger partial charge in [-0.25, -0.2) is 9.18 Å². The van der Waals surface area contributed by atoms with E-state index >= 15 is 0 Å². The summed E-state index contributed by atoms with van der Waals surface area (Å²) in [5.41, 5.74) is 1.42. The van der Waals surface area contributed by atoms with Gasteiger partial charge in [-0.2, -0.15) is 0 Å². The predicted octanol–water partition coefficient (Wildman–Crippen LogP) is 4.30. The highest BCUT2D eigenvalue weighted by Crippen LogP contribution is 2.25. The minimum atomic E-state index is -0.636. The quantitative estimate of drug-likeness (QED) is 0.816. The molecule has 21 heavy (non-hydrogen) atoms. The van der Waals surface area contributed by atoms with Gasteiger partial charge in [0.2, 0.25) is 0 Å². The van der Waals surface area contributed by atoms with Crippen LogP contribution in [0, 0.1) is 5.82 Å². The van der Waals surface area contributed by atoms with Gasteiger partial charge in [0, 0.05) is 5.69 Å². The van der Waals surface area contributed by atoms with Gasteiger partial charge in [0.1, 0.15) is 5.82 Å². The summed E-state index contributed by atoms with van der Waals surface area (Å²) >= 11 is 3.13. The molecule has 2 aromatic rings. The number of carbonyl (C=O) groups excluding carboxylic acids is 1. The summed E-state index contributed by atoms with van der Waals surface area (Å²) in [6, 6.07) is 13.1. The van der Waals surface area contributed by atoms with Crippen molar-refractivity contribution >= 4 is 27.6 Å². The van der Waals surface area contributed by atoms with Crippen molar-refractivity contribution in [3.05, 3.63) is 64.4 Å². The monoisotopic (exact) mass is 351 g/mol. The summed E-state index contributed by atoms with van der Waals surface area (Å²) in [6.45, 7) is 2.06. The van der Waals surface area contributed by atoms with Crippen LogP contribution in [0.2, 0.25) is 0 Å². The van der Waals surface area contributed by atoms with Gasteiger partial charge in [-0.15, -0.1) is 0 Å². The molecule has 3 nitrogen and oxygen atoms in total. The number of hydrogen-bond donors (Lipinski definition) is 1. The lowest BCUT2D eigenvalue weighted by Crippen LogP contribution is -2.23. The van der Waals surface area contributed by atoms with E-state index in [1.54, 1.807) is 19.1 Å². The van der Waals surface area contributed by atoms with E-state index in [0.29, 0.717) is 16.8 Å². The fourth-order valence-corrected chi connectivity index (χ4v) is 2.28. The molecule has 0 heterocycles. The lowest BCUT2D eigenvalue weighted by atomic mass is 10.1. The number of esters is 1. The van der Waals surface area contributed by atoms with Crippen LogP contribution in [0.1, 0.15) is 18.5 Å². The van der Waals surface area contributed by atoms with Crippen LogP contribution >= 0.6 is 15.9 Å². The topological polar surface area (TPSA) is 38.3 Å². The molecule has 1 unspecified atom stereocenters. The van der Waals surface area contributed by atoms with Crippen LogP contribution in [0.4, 0.5) is 10.1 Å². The number of ether oxygens (including phenoxy) is 1. The molecular formula is C16H15BrFNO2. The first-order valence-corrected chi connectivity index (χ1v) is 7.34. The number of nitrogens with one attached hydrogen (secondary N) is 1. The van der Waals surface area contributed by atoms with E-state index in [0.717, 1.165) is 5.56 Å². The predicted molar refractivity (Wildman–Crippen MR) is 83.5 cm³/mol. The van der Waals surface area contributed by atoms with Crippen LogP contribution in [-0.4, -0.2) is 12.6 Å². The SMILES string of the molecule is CCOC(=O)C(Nc1ccc(F)c(Br)c1)c1ccccc1. The van der Waals surface area contributed by atoms with E-state index in [4.69, 9.17) is 4.74 Å². The summed E-state index contributed by atoms with van der Waals surface area (Å²) in [6.07, 6.45) is 0. The Hall–Kier alpha value is -1.88. The Kier molecular flexibility index (Phi) is 5.33. The lowest BCUT2D eigenvalue weighted by molar-refractivity contribution is -0.144. The van der Waals surface area contributed by atoms with Gasteiger partial charge in [-0.05, 0) is 46.6 Å². The van der Waals surface area contributed by atoms with Gasteiger partial charge < -0.3 is 10.1 Å². The summed E-state index contributed by atoms with van der Waals surface area (Å²) in [5, 5.41) is 3.08. The molecule has 0 amide bonds. The van der Waals surface area contributed by atoms with Crippen molar-refractivity contribution in [2.45, 2.75) is 13.0 Å². The number of carbonyl (C=O) groups is 1. The first-order chi connectivity index (χ1) is 10.1. The van der Waals surface area contributed by atoms with E-state index in [9.17, 15) is 9.18 Å². The maximum absolute atomic E-state index is 13.3. The molecule has 0 bridgehead atoms. The summed E-state index contributed by atoms with van der Waals surface area (Å²) in [5.74, 6) is -0.725. The molecule has 0 fully saturated rings. The Morgan fingerprint density at radius 3 is 2.62 bits per heavy atom. The average molecular weight is 352 g/mol. The number of anilines is 1. The van der Waals surface area contributed by atoms with Crippen LogP contribution in [0.25, 0.3) is 0 Å². The van der Waals surface area contributed by atoms with Crippen molar-refractivity contribution in [3.63, 3.8) is 0 Å². The maximum atomic E-state index is 13.3. The number of hydrogen-bond acceptors (Lipinski definition) is 3. The zero-order valence-corrected chi connectivity index (χ0v) is 13.1. The van der Waals surface area contributed by atoms with Crippen molar-refractivity contribution in [2.24, 2.45) is 0 Å². The largest absolute Gasteiger partial charge is 0.464 e. The Bertz CT molecular complexity index is 619. The van der Waals surface area contributed by atoms with E-state index in [2.05, 4.69) is 21.2 Å². The first-order valence-electron chi connectivity index (χ1n) is 6.55. The molecule has 110 valence electrons. The Balaban J connectivity index is 2.27. The molecule has 1 atom stereocenters. The molecule has 1 N–H and O–H groups in total. The molecule has 0 saturated carbocycles. The fraction of sp³-hybridized carbons (Fsp3) is 0.188. The van der Waals surface area contributed by atoms with Crippen molar-refractivity contribution in [1.82, 2.24) is 0 Å². The number of halogens is 2. The van der Waals surface area contributed by atoms with Gasteiger partial charge in [0.05, 0.1) is 11.1 Å². The second-order valence-electron chi connectivity index (χ2n) is 4.37. The van der Waals surface area contributed by atoms with E-state index in [1.165, 1.54) is 6.07 Å². The fourth-order valence-electron chi connectivity index (χ4n) is 1.90. The molecule has 0 aliphatic heterocycles. The third-order valence-corrected chi connectivity index (χ3v) is 3.49. The molecule has 5 heteroatoms. The van der Waals surface area contributed by atoms with Crippen molar-refractivity contribution in [1.29, 1.82) is 0 Å². The molecule has 0 spiro atoms. The normalized spacial score (nSPS) is 11.8. The molecule has 0 radical (unpaired) electrons. The Morgan fingerprint density at radius 1 is 1.29 bits per heavy atom. The van der Waals surface area contributed by atoms with Crippen LogP contribution in [0.3, 0.4) is 0 Å². The highest BCUT2D eigenvalue weighted by molar-refractivity contribution is 9.10. The molecule has 0 saturated heterocycles. The van der Waals surface area contributed by atoms with Crippen LogP contribution in [-0.2, 0) is 9.53 Å². The van der Waals surface area contributed by atoms with Crippen molar-refractivity contribution in [2.75, 3.05) is 11.9 Å². The smallest absolute Gasteiger partial charge is 0.333 e. The van der Waals surface area contributed by atoms with Crippen molar-refractivity contribution in [3.8, 4) is 0 Å². The highest BCUT2D eigenvalue weighted by Gasteiger charge is 2.21. The van der Waals surface area contributed by atoms with Crippen LogP contribution < -0.4 is 5.32 Å². The molecule has 0 aliphatic carbocycles. The van der Waals surface area contributed by atoms with E-state index < -0.39 is 6.04 Å². The second kappa shape index (κ2) is 7.22. The van der Waals surface area contributed by atoms with E-state index in [1.807, 2.05) is 30.3 Å². The summed E-state index contributed by atoms with van der Waals surface area (Å²) < 4.78 is 18.7. The highest BCUT2D eigenvalue weighted by atomic mass is 79.9. The van der Waals surface area contributed by atoms with E-state index in [-0.39, 0.29) is 11.8 Å². The molecule has 0 aromatic heterocycles. The number of benzene rings is 2. The first kappa shape index (κ1) is 15.5. The second-order valence-corrected chi connectivity index (χ2v) is 5.22. The maximum Gasteiger partial charge on any atom is 0.333 e. The van der Waals surface area contributed by atoms with Gasteiger partial charge in [-0.3, -0.25) is 0 Å². The zero-order valence-electron chi connectivity index (χ0n) is 11.5. The zero-order chi connectivity index (χ0) is 15.2. The lowest BCUT2D eigenvalue weighted by Gasteiger charge is -2.19. The van der Waals surface area contributed by atoms with Gasteiger partial charge in [0.15, 0.2) is 6.04 Å². The minimum absolute atomic E-state index is 0.303. The Morgan fingerprint density at radius 2 is 2.00 bits per heavy atom. The number of rotatable bonds is 5. The van der Waals surface area contributed by atoms with Gasteiger partial charge in [-0.1, -0.05) is 30.3 Å². The van der Waals surface area contributed by atoms with Crippen LogP contribution in [0.15, 0.2) is 53.0 Å². The minimum Gasteiger partial charge on any atom is -0.464 e. The van der Waals surface area contributed by atoms with Gasteiger partial charge >= 0.3 is 5.97 Å². The van der Waals surface area contributed by atoms with Gasteiger partial charge in [0.25, 0.3) is 0 Å². The summed E-state index contributed by atoms with van der Waals surface area (Å²) in [4.78, 5) is 12.1.